The van der Waals surface area contributed by atoms with E-state index in [-0.39, 0.29) is 0 Å². The van der Waals surface area contributed by atoms with Crippen LogP contribution < -0.4 is 5.32 Å². The molecule has 0 saturated heterocycles. The van der Waals surface area contributed by atoms with Crippen molar-refractivity contribution in [2.45, 2.75) is 19.4 Å². The van der Waals surface area contributed by atoms with Crippen LogP contribution in [-0.2, 0) is 6.42 Å². The Morgan fingerprint density at radius 1 is 1.50 bits per heavy atom. The molecule has 0 spiro atoms. The molecular weight excluding hydrogens is 194 g/mol. The molecule has 2 nitrogen and oxygen atoms in total. The first kappa shape index (κ1) is 9.34. The number of thiophene rings is 1. The minimum atomic E-state index is 0.399. The highest BCUT2D eigenvalue weighted by molar-refractivity contribution is 7.08. The van der Waals surface area contributed by atoms with Crippen molar-refractivity contribution in [1.82, 2.24) is 0 Å². The van der Waals surface area contributed by atoms with Gasteiger partial charge in [0, 0.05) is 23.5 Å². The molecule has 14 heavy (non-hydrogen) atoms. The van der Waals surface area contributed by atoms with Gasteiger partial charge in [-0.25, -0.2) is 0 Å². The van der Waals surface area contributed by atoms with E-state index in [9.17, 15) is 0 Å². The van der Waals surface area contributed by atoms with Crippen molar-refractivity contribution < 1.29 is 4.42 Å². The SMILES string of the molecule is CC(Cc1ccco1)Nc1ccsc1. The second-order valence-electron chi connectivity index (χ2n) is 3.34. The summed E-state index contributed by atoms with van der Waals surface area (Å²) in [4.78, 5) is 0. The smallest absolute Gasteiger partial charge is 0.105 e. The maximum Gasteiger partial charge on any atom is 0.105 e. The van der Waals surface area contributed by atoms with Crippen LogP contribution in [0.5, 0.6) is 0 Å². The predicted molar refractivity (Wildman–Crippen MR) is 59.8 cm³/mol. The van der Waals surface area contributed by atoms with Crippen LogP contribution in [0.4, 0.5) is 5.69 Å². The fraction of sp³-hybridized carbons (Fsp3) is 0.273. The van der Waals surface area contributed by atoms with E-state index < -0.39 is 0 Å². The molecule has 0 aliphatic rings. The van der Waals surface area contributed by atoms with E-state index in [1.165, 1.54) is 5.69 Å². The van der Waals surface area contributed by atoms with Crippen LogP contribution in [0.2, 0.25) is 0 Å². The Labute approximate surface area is 87.6 Å². The monoisotopic (exact) mass is 207 g/mol. The summed E-state index contributed by atoms with van der Waals surface area (Å²) in [6.07, 6.45) is 2.63. The van der Waals surface area contributed by atoms with Crippen LogP contribution in [0, 0.1) is 0 Å². The summed E-state index contributed by atoms with van der Waals surface area (Å²) in [7, 11) is 0. The fourth-order valence-corrected chi connectivity index (χ4v) is 2.01. The van der Waals surface area contributed by atoms with Gasteiger partial charge in [0.2, 0.25) is 0 Å². The average molecular weight is 207 g/mol. The van der Waals surface area contributed by atoms with E-state index >= 15 is 0 Å². The van der Waals surface area contributed by atoms with Gasteiger partial charge in [0.1, 0.15) is 5.76 Å². The maximum absolute atomic E-state index is 5.29. The Bertz CT molecular complexity index is 316. The molecular formula is C11H13NOS. The van der Waals surface area contributed by atoms with Crippen molar-refractivity contribution >= 4 is 17.0 Å². The zero-order valence-electron chi connectivity index (χ0n) is 8.07. The highest BCUT2D eigenvalue weighted by atomic mass is 32.1. The number of nitrogens with one attached hydrogen (secondary N) is 1. The fourth-order valence-electron chi connectivity index (χ4n) is 1.41. The molecule has 0 bridgehead atoms. The molecule has 0 radical (unpaired) electrons. The molecule has 0 aliphatic heterocycles. The lowest BCUT2D eigenvalue weighted by molar-refractivity contribution is 0.498. The van der Waals surface area contributed by atoms with E-state index in [4.69, 9.17) is 4.42 Å². The van der Waals surface area contributed by atoms with Crippen molar-refractivity contribution in [3.63, 3.8) is 0 Å². The van der Waals surface area contributed by atoms with E-state index in [0.29, 0.717) is 6.04 Å². The molecule has 3 heteroatoms. The van der Waals surface area contributed by atoms with Crippen molar-refractivity contribution in [3.05, 3.63) is 41.0 Å². The van der Waals surface area contributed by atoms with E-state index in [1.807, 2.05) is 12.1 Å². The maximum atomic E-state index is 5.29. The Morgan fingerprint density at radius 3 is 3.07 bits per heavy atom. The minimum Gasteiger partial charge on any atom is -0.469 e. The third kappa shape index (κ3) is 2.39. The molecule has 2 aromatic heterocycles. The lowest BCUT2D eigenvalue weighted by atomic mass is 10.2. The predicted octanol–water partition coefficient (Wildman–Crippen LogP) is 3.38. The van der Waals surface area contributed by atoms with Gasteiger partial charge in [-0.2, -0.15) is 11.3 Å². The summed E-state index contributed by atoms with van der Waals surface area (Å²) < 4.78 is 5.29. The average Bonchev–Trinajstić information content (AvgIpc) is 2.76. The van der Waals surface area contributed by atoms with Crippen molar-refractivity contribution in [2.75, 3.05) is 5.32 Å². The summed E-state index contributed by atoms with van der Waals surface area (Å²) in [5, 5.41) is 7.59. The minimum absolute atomic E-state index is 0.399. The Kier molecular flexibility index (Phi) is 2.89. The third-order valence-corrected chi connectivity index (χ3v) is 2.70. The van der Waals surface area contributed by atoms with Crippen LogP contribution in [0.25, 0.3) is 0 Å². The van der Waals surface area contributed by atoms with Gasteiger partial charge >= 0.3 is 0 Å². The second kappa shape index (κ2) is 4.33. The molecule has 1 atom stereocenters. The Morgan fingerprint density at radius 2 is 2.43 bits per heavy atom. The molecule has 0 aliphatic carbocycles. The lowest BCUT2D eigenvalue weighted by Crippen LogP contribution is -2.17. The number of anilines is 1. The summed E-state index contributed by atoms with van der Waals surface area (Å²) in [5.74, 6) is 1.03. The van der Waals surface area contributed by atoms with Crippen LogP contribution in [0.3, 0.4) is 0 Å². The molecule has 2 aromatic rings. The lowest BCUT2D eigenvalue weighted by Gasteiger charge is -2.11. The van der Waals surface area contributed by atoms with E-state index in [0.717, 1.165) is 12.2 Å². The van der Waals surface area contributed by atoms with Crippen LogP contribution in [0.15, 0.2) is 39.6 Å². The molecule has 0 fully saturated rings. The van der Waals surface area contributed by atoms with Gasteiger partial charge in [0.05, 0.1) is 6.26 Å². The van der Waals surface area contributed by atoms with Gasteiger partial charge in [-0.15, -0.1) is 0 Å². The first-order chi connectivity index (χ1) is 6.84. The van der Waals surface area contributed by atoms with Crippen LogP contribution in [0.1, 0.15) is 12.7 Å². The number of hydrogen-bond donors (Lipinski definition) is 1. The van der Waals surface area contributed by atoms with Crippen LogP contribution >= 0.6 is 11.3 Å². The van der Waals surface area contributed by atoms with Gasteiger partial charge < -0.3 is 9.73 Å². The van der Waals surface area contributed by atoms with Gasteiger partial charge in [-0.3, -0.25) is 0 Å². The number of rotatable bonds is 4. The zero-order chi connectivity index (χ0) is 9.80. The van der Waals surface area contributed by atoms with Crippen molar-refractivity contribution in [1.29, 1.82) is 0 Å². The normalized spacial score (nSPS) is 12.6. The first-order valence-corrected chi connectivity index (χ1v) is 5.60. The van der Waals surface area contributed by atoms with Gasteiger partial charge in [0.25, 0.3) is 0 Å². The molecule has 2 rings (SSSR count). The first-order valence-electron chi connectivity index (χ1n) is 4.66. The summed E-state index contributed by atoms with van der Waals surface area (Å²) in [6.45, 7) is 2.15. The second-order valence-corrected chi connectivity index (χ2v) is 4.12. The standard InChI is InChI=1S/C11H13NOS/c1-9(7-11-3-2-5-13-11)12-10-4-6-14-8-10/h2-6,8-9,12H,7H2,1H3. The molecule has 2 heterocycles. The molecule has 74 valence electrons. The highest BCUT2D eigenvalue weighted by Gasteiger charge is 2.05. The molecule has 1 N–H and O–H groups in total. The van der Waals surface area contributed by atoms with Gasteiger partial charge in [-0.05, 0) is 30.5 Å². The van der Waals surface area contributed by atoms with E-state index in [1.54, 1.807) is 17.6 Å². The number of hydrogen-bond acceptors (Lipinski definition) is 3. The highest BCUT2D eigenvalue weighted by Crippen LogP contribution is 2.14. The van der Waals surface area contributed by atoms with Crippen LogP contribution in [-0.4, -0.2) is 6.04 Å². The Balaban J connectivity index is 1.88. The molecule has 0 amide bonds. The zero-order valence-corrected chi connectivity index (χ0v) is 8.88. The molecule has 0 aromatic carbocycles. The summed E-state index contributed by atoms with van der Waals surface area (Å²) >= 11 is 1.70. The quantitative estimate of drug-likeness (QED) is 0.831. The third-order valence-electron chi connectivity index (χ3n) is 2.02. The van der Waals surface area contributed by atoms with Crippen molar-refractivity contribution in [2.24, 2.45) is 0 Å². The number of furan rings is 1. The summed E-state index contributed by atoms with van der Waals surface area (Å²) in [5.41, 5.74) is 1.19. The van der Waals surface area contributed by atoms with Gasteiger partial charge in [0.15, 0.2) is 0 Å². The molecule has 1 unspecified atom stereocenters. The van der Waals surface area contributed by atoms with Crippen molar-refractivity contribution in [3.8, 4) is 0 Å². The van der Waals surface area contributed by atoms with E-state index in [2.05, 4.69) is 29.1 Å². The largest absolute Gasteiger partial charge is 0.469 e. The van der Waals surface area contributed by atoms with Gasteiger partial charge in [-0.1, -0.05) is 0 Å². The Hall–Kier alpha value is -1.22. The summed E-state index contributed by atoms with van der Waals surface area (Å²) in [6, 6.07) is 6.41. The molecule has 0 saturated carbocycles. The topological polar surface area (TPSA) is 25.2 Å².